The minimum Gasteiger partial charge on any atom is -0.314 e. The highest BCUT2D eigenvalue weighted by Crippen LogP contribution is 2.47. The van der Waals surface area contributed by atoms with Crippen LogP contribution < -0.4 is 26.2 Å². The van der Waals surface area contributed by atoms with Crippen LogP contribution in [0.2, 0.25) is 0 Å². The number of anilines is 6. The van der Waals surface area contributed by atoms with Gasteiger partial charge < -0.3 is 9.80 Å². The second kappa shape index (κ2) is 10.7. The zero-order chi connectivity index (χ0) is 30.5. The van der Waals surface area contributed by atoms with Crippen LogP contribution in [0.25, 0.3) is 9.69 Å². The molecule has 5 aromatic rings. The van der Waals surface area contributed by atoms with Crippen LogP contribution >= 0.6 is 0 Å². The summed E-state index contributed by atoms with van der Waals surface area (Å²) >= 11 is 0. The van der Waals surface area contributed by atoms with Gasteiger partial charge >= 0.3 is 0 Å². The third-order valence-corrected chi connectivity index (χ3v) is 9.64. The summed E-state index contributed by atoms with van der Waals surface area (Å²) in [7, 11) is 0. The Labute approximate surface area is 264 Å². The molecule has 45 heavy (non-hydrogen) atoms. The van der Waals surface area contributed by atoms with Gasteiger partial charge in [-0.3, -0.25) is 0 Å². The van der Waals surface area contributed by atoms with E-state index < -0.39 is 0 Å². The van der Waals surface area contributed by atoms with Crippen molar-refractivity contribution in [3.8, 4) is 6.07 Å². The Hall–Kier alpha value is -5.77. The monoisotopic (exact) mass is 577 g/mol. The molecule has 0 amide bonds. The highest BCUT2D eigenvalue weighted by Gasteiger charge is 2.43. The first-order chi connectivity index (χ1) is 22.2. The summed E-state index contributed by atoms with van der Waals surface area (Å²) in [5, 5.41) is 9.84. The van der Waals surface area contributed by atoms with Crippen molar-refractivity contribution in [2.45, 2.75) is 38.0 Å². The molecule has 0 saturated heterocycles. The van der Waals surface area contributed by atoms with Crippen LogP contribution in [-0.4, -0.2) is 6.71 Å². The molecule has 0 spiro atoms. The standard InChI is InChI=1S/C39H28BN5/c1-42-29-13-9-15-32(23-29)45-36-24-30(43-2)18-19-34(36)40-33-16-6-7-17-35(33)44(31-14-8-10-26(20-31)25-41)37-21-28(22-38(45)39(37)40)27-11-4-3-5-12-27/h6-10,13-24,27H,3-5,11-12H2. The third kappa shape index (κ3) is 4.29. The lowest BCUT2D eigenvalue weighted by atomic mass is 9.33. The van der Waals surface area contributed by atoms with Gasteiger partial charge in [0.1, 0.15) is 0 Å². The van der Waals surface area contributed by atoms with Gasteiger partial charge in [0.2, 0.25) is 0 Å². The van der Waals surface area contributed by atoms with E-state index in [1.807, 2.05) is 48.5 Å². The fourth-order valence-corrected chi connectivity index (χ4v) is 7.67. The molecule has 0 bridgehead atoms. The first kappa shape index (κ1) is 26.8. The van der Waals surface area contributed by atoms with Gasteiger partial charge in [-0.2, -0.15) is 5.26 Å². The second-order valence-electron chi connectivity index (χ2n) is 12.1. The SMILES string of the molecule is [C-]#[N+]c1cccc(N2c3cc([N+]#[C-])ccc3B3c4ccccc4N(c4cccc(C#N)c4)c4cc(C5CCCCC5)cc2c43)c1. The lowest BCUT2D eigenvalue weighted by Crippen LogP contribution is -2.61. The molecule has 2 heterocycles. The lowest BCUT2D eigenvalue weighted by molar-refractivity contribution is 0.444. The molecule has 212 valence electrons. The van der Waals surface area contributed by atoms with Crippen LogP contribution in [0.3, 0.4) is 0 Å². The van der Waals surface area contributed by atoms with E-state index in [0.29, 0.717) is 22.9 Å². The maximum absolute atomic E-state index is 9.84. The van der Waals surface area contributed by atoms with E-state index in [-0.39, 0.29) is 6.71 Å². The third-order valence-electron chi connectivity index (χ3n) is 9.64. The summed E-state index contributed by atoms with van der Waals surface area (Å²) in [5.74, 6) is 0.454. The summed E-state index contributed by atoms with van der Waals surface area (Å²) in [6.07, 6.45) is 6.05. The van der Waals surface area contributed by atoms with E-state index in [4.69, 9.17) is 13.1 Å². The molecule has 1 aliphatic carbocycles. The van der Waals surface area contributed by atoms with Gasteiger partial charge in [-0.25, -0.2) is 9.69 Å². The summed E-state index contributed by atoms with van der Waals surface area (Å²) in [4.78, 5) is 12.2. The molecule has 1 saturated carbocycles. The van der Waals surface area contributed by atoms with Gasteiger partial charge in [-0.15, -0.1) is 0 Å². The van der Waals surface area contributed by atoms with E-state index in [0.717, 1.165) is 52.4 Å². The van der Waals surface area contributed by atoms with Gasteiger partial charge in [-0.1, -0.05) is 67.8 Å². The number of rotatable bonds is 3. The number of para-hydroxylation sites is 1. The fourth-order valence-electron chi connectivity index (χ4n) is 7.67. The zero-order valence-electron chi connectivity index (χ0n) is 24.7. The van der Waals surface area contributed by atoms with Crippen molar-refractivity contribution in [2.24, 2.45) is 0 Å². The van der Waals surface area contributed by atoms with Crippen molar-refractivity contribution >= 4 is 68.6 Å². The molecule has 5 aromatic carbocycles. The molecule has 8 rings (SSSR count). The van der Waals surface area contributed by atoms with Gasteiger partial charge in [0.25, 0.3) is 6.71 Å². The Balaban J connectivity index is 1.49. The van der Waals surface area contributed by atoms with Crippen molar-refractivity contribution in [1.82, 2.24) is 0 Å². The van der Waals surface area contributed by atoms with Crippen LogP contribution in [0.4, 0.5) is 45.5 Å². The number of nitriles is 1. The number of hydrogen-bond acceptors (Lipinski definition) is 3. The highest BCUT2D eigenvalue weighted by atomic mass is 15.2. The molecule has 0 radical (unpaired) electrons. The van der Waals surface area contributed by atoms with E-state index in [1.54, 1.807) is 0 Å². The Bertz CT molecular complexity index is 2130. The maximum Gasteiger partial charge on any atom is 0.251 e. The first-order valence-electron chi connectivity index (χ1n) is 15.5. The molecule has 1 fully saturated rings. The van der Waals surface area contributed by atoms with Gasteiger partial charge in [0.05, 0.1) is 24.8 Å². The van der Waals surface area contributed by atoms with Gasteiger partial charge in [0, 0.05) is 34.1 Å². The van der Waals surface area contributed by atoms with E-state index >= 15 is 0 Å². The van der Waals surface area contributed by atoms with E-state index in [1.165, 1.54) is 35.8 Å². The van der Waals surface area contributed by atoms with Crippen molar-refractivity contribution in [3.63, 3.8) is 0 Å². The van der Waals surface area contributed by atoms with Crippen LogP contribution in [-0.2, 0) is 0 Å². The minimum atomic E-state index is -0.0444. The van der Waals surface area contributed by atoms with Crippen molar-refractivity contribution in [2.75, 3.05) is 9.80 Å². The van der Waals surface area contributed by atoms with E-state index in [2.05, 4.69) is 80.2 Å². The Morgan fingerprint density at radius 3 is 2.07 bits per heavy atom. The molecule has 6 heteroatoms. The molecule has 0 atom stereocenters. The lowest BCUT2D eigenvalue weighted by Gasteiger charge is -2.45. The average Bonchev–Trinajstić information content (AvgIpc) is 3.11. The Morgan fingerprint density at radius 1 is 0.644 bits per heavy atom. The van der Waals surface area contributed by atoms with Gasteiger partial charge in [0.15, 0.2) is 11.4 Å². The quantitative estimate of drug-likeness (QED) is 0.156. The largest absolute Gasteiger partial charge is 0.314 e. The van der Waals surface area contributed by atoms with Crippen LogP contribution in [0, 0.1) is 24.5 Å². The summed E-state index contributed by atoms with van der Waals surface area (Å²) in [6.45, 7) is 15.6. The molecular formula is C39H28BN5. The molecular weight excluding hydrogens is 549 g/mol. The summed E-state index contributed by atoms with van der Waals surface area (Å²) < 4.78 is 0. The summed E-state index contributed by atoms with van der Waals surface area (Å²) in [6, 6.07) is 37.4. The highest BCUT2D eigenvalue weighted by molar-refractivity contribution is 7.00. The smallest absolute Gasteiger partial charge is 0.251 e. The second-order valence-corrected chi connectivity index (χ2v) is 12.1. The minimum absolute atomic E-state index is 0.0444. The number of benzene rings is 5. The molecule has 0 aromatic heterocycles. The molecule has 2 aliphatic heterocycles. The number of fused-ring (bicyclic) bond motifs is 4. The predicted octanol–water partition coefficient (Wildman–Crippen LogP) is 8.79. The normalized spacial score (nSPS) is 14.8. The first-order valence-corrected chi connectivity index (χ1v) is 15.5. The van der Waals surface area contributed by atoms with Gasteiger partial charge in [-0.05, 0) is 95.3 Å². The van der Waals surface area contributed by atoms with Crippen molar-refractivity contribution < 1.29 is 0 Å². The molecule has 0 unspecified atom stereocenters. The van der Waals surface area contributed by atoms with Crippen LogP contribution in [0.5, 0.6) is 0 Å². The zero-order valence-corrected chi connectivity index (χ0v) is 24.7. The van der Waals surface area contributed by atoms with Crippen molar-refractivity contribution in [1.29, 1.82) is 5.26 Å². The maximum atomic E-state index is 9.84. The number of hydrogen-bond donors (Lipinski definition) is 0. The molecule has 0 N–H and O–H groups in total. The van der Waals surface area contributed by atoms with Crippen molar-refractivity contribution in [3.05, 3.63) is 137 Å². The average molecular weight is 578 g/mol. The predicted molar refractivity (Wildman–Crippen MR) is 184 cm³/mol. The molecule has 5 nitrogen and oxygen atoms in total. The van der Waals surface area contributed by atoms with E-state index in [9.17, 15) is 5.26 Å². The Kier molecular flexibility index (Phi) is 6.41. The Morgan fingerprint density at radius 2 is 1.31 bits per heavy atom. The van der Waals surface area contributed by atoms with Crippen LogP contribution in [0.15, 0.2) is 103 Å². The van der Waals surface area contributed by atoms with Crippen LogP contribution in [0.1, 0.15) is 49.1 Å². The number of nitrogens with zero attached hydrogens (tertiary/aromatic N) is 5. The fraction of sp³-hybridized carbons (Fsp3) is 0.154. The molecule has 3 aliphatic rings. The topological polar surface area (TPSA) is 39.0 Å². The summed E-state index contributed by atoms with van der Waals surface area (Å²) in [5.41, 5.74) is 12.8.